The minimum Gasteiger partial charge on any atom is -0.462 e. The number of hydrogen-bond donors (Lipinski definition) is 3. The fourth-order valence-electron chi connectivity index (χ4n) is 11.7. The third kappa shape index (κ3) is 70.5. The summed E-state index contributed by atoms with van der Waals surface area (Å²) in [5.74, 6) is 0.927. The molecule has 0 amide bonds. The monoisotopic (exact) mass is 1410 g/mol. The lowest BCUT2D eigenvalue weighted by molar-refractivity contribution is -0.161. The number of phosphoric ester groups is 2. The summed E-state index contributed by atoms with van der Waals surface area (Å²) < 4.78 is 68.6. The van der Waals surface area contributed by atoms with Gasteiger partial charge in [0.1, 0.15) is 19.3 Å². The van der Waals surface area contributed by atoms with Crippen LogP contribution in [0.5, 0.6) is 0 Å². The molecular weight excluding hydrogens is 1260 g/mol. The van der Waals surface area contributed by atoms with E-state index in [-0.39, 0.29) is 25.7 Å². The van der Waals surface area contributed by atoms with Crippen molar-refractivity contribution in [3.8, 4) is 0 Å². The highest BCUT2D eigenvalue weighted by atomic mass is 31.2. The minimum absolute atomic E-state index is 0.105. The maximum atomic E-state index is 13.1. The predicted molar refractivity (Wildman–Crippen MR) is 391 cm³/mol. The molecule has 0 saturated heterocycles. The Morgan fingerprint density at radius 2 is 0.438 bits per heavy atom. The van der Waals surface area contributed by atoms with Gasteiger partial charge in [0.2, 0.25) is 0 Å². The quantitative estimate of drug-likeness (QED) is 0.0222. The maximum Gasteiger partial charge on any atom is 0.472 e. The van der Waals surface area contributed by atoms with Crippen LogP contribution in [0.3, 0.4) is 0 Å². The van der Waals surface area contributed by atoms with E-state index >= 15 is 0 Å². The Hall–Kier alpha value is -1.94. The van der Waals surface area contributed by atoms with Crippen LogP contribution >= 0.6 is 15.6 Å². The van der Waals surface area contributed by atoms with Crippen LogP contribution in [0.1, 0.15) is 389 Å². The first-order valence-electron chi connectivity index (χ1n) is 39.7. The van der Waals surface area contributed by atoms with Gasteiger partial charge in [-0.1, -0.05) is 338 Å². The predicted octanol–water partition coefficient (Wildman–Crippen LogP) is 22.4. The van der Waals surface area contributed by atoms with Gasteiger partial charge in [0.25, 0.3) is 0 Å². The molecule has 0 aliphatic rings. The standard InChI is InChI=1S/C77H150O17P2/c1-67(2)53-45-37-29-22-16-11-9-10-12-19-25-33-41-49-57-74(79)87-63-72(93-76(81)59-51-43-34-26-20-14-13-17-23-30-38-46-54-68(3)4)65-91-95(83,84)89-61-71(78)62-90-96(85,86)92-66-73(64-88-75(80)58-50-42-36-28-32-40-48-56-70(7)8)94-77(82)60-52-44-35-27-21-15-18-24-31-39-47-55-69(5)6/h67-73,78H,9-66H2,1-8H3,(H,83,84)(H,85,86)/t71?,72-,73-/m1/s1. The van der Waals surface area contributed by atoms with E-state index < -0.39 is 97.5 Å². The third-order valence-corrected chi connectivity index (χ3v) is 19.7. The molecule has 19 heteroatoms. The van der Waals surface area contributed by atoms with Gasteiger partial charge in [-0.15, -0.1) is 0 Å². The number of phosphoric acid groups is 2. The van der Waals surface area contributed by atoms with E-state index in [0.29, 0.717) is 31.6 Å². The molecule has 0 saturated carbocycles. The van der Waals surface area contributed by atoms with Crippen LogP contribution in [-0.4, -0.2) is 96.7 Å². The number of unbranched alkanes of at least 4 members (excludes halogenated alkanes) is 40. The number of esters is 4. The van der Waals surface area contributed by atoms with Gasteiger partial charge < -0.3 is 33.8 Å². The third-order valence-electron chi connectivity index (χ3n) is 17.8. The van der Waals surface area contributed by atoms with Crippen LogP contribution in [0.2, 0.25) is 0 Å². The van der Waals surface area contributed by atoms with Crippen molar-refractivity contribution < 1.29 is 80.2 Å². The number of hydrogen-bond acceptors (Lipinski definition) is 15. The summed E-state index contributed by atoms with van der Waals surface area (Å²) in [7, 11) is -9.92. The summed E-state index contributed by atoms with van der Waals surface area (Å²) in [4.78, 5) is 72.9. The molecule has 0 aromatic heterocycles. The number of carbonyl (C=O) groups excluding carboxylic acids is 4. The first-order chi connectivity index (χ1) is 46.1. The van der Waals surface area contributed by atoms with Crippen molar-refractivity contribution in [3.63, 3.8) is 0 Å². The van der Waals surface area contributed by atoms with E-state index in [2.05, 4.69) is 55.4 Å². The number of ether oxygens (including phenoxy) is 4. The molecule has 0 radical (unpaired) electrons. The Labute approximate surface area is 588 Å². The molecule has 0 rings (SSSR count). The smallest absolute Gasteiger partial charge is 0.462 e. The van der Waals surface area contributed by atoms with E-state index in [4.69, 9.17) is 37.0 Å². The average molecular weight is 1410 g/mol. The molecule has 0 bridgehead atoms. The van der Waals surface area contributed by atoms with E-state index in [9.17, 15) is 43.2 Å². The SMILES string of the molecule is CC(C)CCCCCCCCCCCCCCCCC(=O)OC[C@H](COP(=O)(O)OCC(O)COP(=O)(O)OC[C@@H](COC(=O)CCCCCCCCCC(C)C)OC(=O)CCCCCCCCCCCCCC(C)C)OC(=O)CCCCCCCCCCCCCCC(C)C. The van der Waals surface area contributed by atoms with Crippen molar-refractivity contribution in [2.45, 2.75) is 408 Å². The second kappa shape index (κ2) is 66.3. The van der Waals surface area contributed by atoms with Crippen molar-refractivity contribution in [1.29, 1.82) is 0 Å². The van der Waals surface area contributed by atoms with Gasteiger partial charge in [0.05, 0.1) is 26.4 Å². The zero-order chi connectivity index (χ0) is 71.0. The van der Waals surface area contributed by atoms with Crippen LogP contribution in [0.4, 0.5) is 0 Å². The highest BCUT2D eigenvalue weighted by Crippen LogP contribution is 2.45. The van der Waals surface area contributed by atoms with E-state index in [0.717, 1.165) is 114 Å². The summed E-state index contributed by atoms with van der Waals surface area (Å²) in [5, 5.41) is 10.6. The van der Waals surface area contributed by atoms with Crippen molar-refractivity contribution in [2.75, 3.05) is 39.6 Å². The lowest BCUT2D eigenvalue weighted by Crippen LogP contribution is -2.30. The van der Waals surface area contributed by atoms with E-state index in [1.54, 1.807) is 0 Å². The van der Waals surface area contributed by atoms with E-state index in [1.165, 1.54) is 186 Å². The molecule has 5 atom stereocenters. The molecule has 0 aromatic carbocycles. The maximum absolute atomic E-state index is 13.1. The number of aliphatic hydroxyl groups excluding tert-OH is 1. The van der Waals surface area contributed by atoms with Crippen molar-refractivity contribution in [2.24, 2.45) is 23.7 Å². The molecule has 0 aliphatic carbocycles. The summed E-state index contributed by atoms with van der Waals surface area (Å²) >= 11 is 0. The molecule has 3 unspecified atom stereocenters. The van der Waals surface area contributed by atoms with Gasteiger partial charge >= 0.3 is 39.5 Å². The molecule has 17 nitrogen and oxygen atoms in total. The molecule has 0 spiro atoms. The summed E-state index contributed by atoms with van der Waals surface area (Å²) in [6.07, 6.45) is 51.4. The molecule has 0 aromatic rings. The van der Waals surface area contributed by atoms with Gasteiger partial charge in [-0.05, 0) is 49.4 Å². The Morgan fingerprint density at radius 1 is 0.260 bits per heavy atom. The largest absolute Gasteiger partial charge is 0.472 e. The van der Waals surface area contributed by atoms with Crippen LogP contribution in [-0.2, 0) is 65.4 Å². The molecule has 3 N–H and O–H groups in total. The van der Waals surface area contributed by atoms with Crippen molar-refractivity contribution in [3.05, 3.63) is 0 Å². The van der Waals surface area contributed by atoms with Crippen molar-refractivity contribution in [1.82, 2.24) is 0 Å². The zero-order valence-corrected chi connectivity index (χ0v) is 64.8. The van der Waals surface area contributed by atoms with Crippen LogP contribution in [0, 0.1) is 23.7 Å². The minimum atomic E-state index is -4.96. The van der Waals surface area contributed by atoms with Crippen LogP contribution < -0.4 is 0 Å². The molecule has 0 heterocycles. The molecule has 570 valence electrons. The Balaban J connectivity index is 5.25. The Kier molecular flexibility index (Phi) is 65.0. The highest BCUT2D eigenvalue weighted by Gasteiger charge is 2.30. The fourth-order valence-corrected chi connectivity index (χ4v) is 13.3. The zero-order valence-electron chi connectivity index (χ0n) is 63.0. The summed E-state index contributed by atoms with van der Waals surface area (Å²) in [6, 6.07) is 0. The molecule has 0 fully saturated rings. The molecule has 0 aliphatic heterocycles. The topological polar surface area (TPSA) is 237 Å². The lowest BCUT2D eigenvalue weighted by Gasteiger charge is -2.21. The number of rotatable bonds is 74. The van der Waals surface area contributed by atoms with Gasteiger partial charge in [0, 0.05) is 25.7 Å². The van der Waals surface area contributed by atoms with Crippen molar-refractivity contribution >= 4 is 39.5 Å². The van der Waals surface area contributed by atoms with Gasteiger partial charge in [-0.2, -0.15) is 0 Å². The first-order valence-corrected chi connectivity index (χ1v) is 42.7. The second-order valence-electron chi connectivity index (χ2n) is 29.7. The Bertz CT molecular complexity index is 1880. The lowest BCUT2D eigenvalue weighted by atomic mass is 10.0. The van der Waals surface area contributed by atoms with Gasteiger partial charge in [-0.25, -0.2) is 9.13 Å². The van der Waals surface area contributed by atoms with Gasteiger partial charge in [-0.3, -0.25) is 37.3 Å². The fraction of sp³-hybridized carbons (Fsp3) is 0.948. The summed E-state index contributed by atoms with van der Waals surface area (Å²) in [5.41, 5.74) is 0. The van der Waals surface area contributed by atoms with Crippen LogP contribution in [0.15, 0.2) is 0 Å². The molecular formula is C77H150O17P2. The van der Waals surface area contributed by atoms with Gasteiger partial charge in [0.15, 0.2) is 12.2 Å². The highest BCUT2D eigenvalue weighted by molar-refractivity contribution is 7.47. The average Bonchev–Trinajstić information content (AvgIpc) is 1.79. The van der Waals surface area contributed by atoms with E-state index in [1.807, 2.05) is 0 Å². The second-order valence-corrected chi connectivity index (χ2v) is 32.6. The number of carbonyl (C=O) groups is 4. The Morgan fingerprint density at radius 3 is 0.646 bits per heavy atom. The number of aliphatic hydroxyl groups is 1. The molecule has 96 heavy (non-hydrogen) atoms. The van der Waals surface area contributed by atoms with Crippen LogP contribution in [0.25, 0.3) is 0 Å². The summed E-state index contributed by atoms with van der Waals surface area (Å²) in [6.45, 7) is 14.2. The normalized spacial score (nSPS) is 14.1. The first kappa shape index (κ1) is 94.1.